The molecule has 0 saturated carbocycles. The van der Waals surface area contributed by atoms with Crippen LogP contribution in [-0.4, -0.2) is 78.9 Å². The number of benzene rings is 1. The number of hydrogen-bond donors (Lipinski definition) is 1. The topological polar surface area (TPSA) is 79.8 Å². The molecule has 1 amide bonds. The summed E-state index contributed by atoms with van der Waals surface area (Å²) in [4.78, 5) is 26.3. The van der Waals surface area contributed by atoms with Crippen molar-refractivity contribution in [3.8, 4) is 0 Å². The van der Waals surface area contributed by atoms with Crippen LogP contribution >= 0.6 is 0 Å². The number of anilines is 1. The second kappa shape index (κ2) is 10.6. The Bertz CT molecular complexity index is 1060. The van der Waals surface area contributed by atoms with E-state index in [9.17, 15) is 9.18 Å². The van der Waals surface area contributed by atoms with E-state index in [4.69, 9.17) is 9.47 Å². The van der Waals surface area contributed by atoms with Crippen molar-refractivity contribution in [2.24, 2.45) is 0 Å². The van der Waals surface area contributed by atoms with Gasteiger partial charge in [0.2, 0.25) is 0 Å². The number of nitrogens with zero attached hydrogens (tertiary/aromatic N) is 4. The number of fused-ring (bicyclic) bond motifs is 1. The summed E-state index contributed by atoms with van der Waals surface area (Å²) in [5.41, 5.74) is 3.37. The van der Waals surface area contributed by atoms with E-state index < -0.39 is 0 Å². The molecule has 2 aromatic rings. The summed E-state index contributed by atoms with van der Waals surface area (Å²) in [6.07, 6.45) is 5.09. The first kappa shape index (κ1) is 24.1. The van der Waals surface area contributed by atoms with Gasteiger partial charge in [-0.05, 0) is 55.9 Å². The number of piperidine rings is 1. The highest BCUT2D eigenvalue weighted by Gasteiger charge is 2.31. The van der Waals surface area contributed by atoms with E-state index in [0.717, 1.165) is 55.8 Å². The van der Waals surface area contributed by atoms with Crippen LogP contribution in [0.25, 0.3) is 0 Å². The molecule has 35 heavy (non-hydrogen) atoms. The third kappa shape index (κ3) is 5.17. The molecular formula is C26H34FN5O3. The van der Waals surface area contributed by atoms with E-state index in [2.05, 4.69) is 20.2 Å². The summed E-state index contributed by atoms with van der Waals surface area (Å²) in [6, 6.07) is 5.61. The Labute approximate surface area is 205 Å². The van der Waals surface area contributed by atoms with Crippen LogP contribution in [0.4, 0.5) is 10.2 Å². The molecule has 1 N–H and O–H groups in total. The Hall–Kier alpha value is -2.62. The van der Waals surface area contributed by atoms with Crippen molar-refractivity contribution in [3.05, 3.63) is 52.7 Å². The van der Waals surface area contributed by atoms with Crippen molar-refractivity contribution in [2.75, 3.05) is 44.9 Å². The lowest BCUT2D eigenvalue weighted by atomic mass is 9.98. The molecule has 1 unspecified atom stereocenters. The Balaban J connectivity index is 1.23. The first-order valence-electron chi connectivity index (χ1n) is 12.5. The molecule has 8 nitrogen and oxygen atoms in total. The number of hydrogen-bond acceptors (Lipinski definition) is 7. The second-order valence-corrected chi connectivity index (χ2v) is 9.73. The van der Waals surface area contributed by atoms with Gasteiger partial charge in [0.1, 0.15) is 23.7 Å². The number of rotatable bonds is 5. The van der Waals surface area contributed by atoms with Crippen LogP contribution in [-0.2, 0) is 22.4 Å². The molecule has 0 aliphatic carbocycles. The van der Waals surface area contributed by atoms with Gasteiger partial charge in [-0.2, -0.15) is 0 Å². The minimum atomic E-state index is -0.228. The summed E-state index contributed by atoms with van der Waals surface area (Å²) in [6.45, 7) is 6.01. The fraction of sp³-hybridized carbons (Fsp3) is 0.577. The van der Waals surface area contributed by atoms with Gasteiger partial charge in [0.25, 0.3) is 5.91 Å². The number of aromatic nitrogens is 2. The average Bonchev–Trinajstić information content (AvgIpc) is 2.89. The predicted molar refractivity (Wildman–Crippen MR) is 130 cm³/mol. The van der Waals surface area contributed by atoms with Crippen LogP contribution in [0, 0.1) is 12.7 Å². The van der Waals surface area contributed by atoms with Crippen molar-refractivity contribution in [3.63, 3.8) is 0 Å². The third-order valence-corrected chi connectivity index (χ3v) is 7.58. The van der Waals surface area contributed by atoms with Gasteiger partial charge < -0.3 is 24.6 Å². The van der Waals surface area contributed by atoms with Crippen molar-refractivity contribution in [1.29, 1.82) is 0 Å². The van der Waals surface area contributed by atoms with Gasteiger partial charge in [0, 0.05) is 57.5 Å². The maximum Gasteiger partial charge on any atom is 0.272 e. The largest absolute Gasteiger partial charge is 0.379 e. The lowest BCUT2D eigenvalue weighted by Gasteiger charge is -2.38. The summed E-state index contributed by atoms with van der Waals surface area (Å²) in [5.74, 6) is 0.474. The van der Waals surface area contributed by atoms with Gasteiger partial charge in [0.05, 0.1) is 12.7 Å². The van der Waals surface area contributed by atoms with Crippen LogP contribution in [0.3, 0.4) is 0 Å². The molecule has 2 saturated heterocycles. The average molecular weight is 484 g/mol. The van der Waals surface area contributed by atoms with Crippen LogP contribution in [0.15, 0.2) is 24.5 Å². The summed E-state index contributed by atoms with van der Waals surface area (Å²) in [7, 11) is 1.73. The van der Waals surface area contributed by atoms with Gasteiger partial charge in [0.15, 0.2) is 0 Å². The number of nitrogens with one attached hydrogen (secondary N) is 1. The number of methoxy groups -OCH3 is 1. The minimum Gasteiger partial charge on any atom is -0.379 e. The molecule has 1 aromatic carbocycles. The first-order valence-corrected chi connectivity index (χ1v) is 12.5. The molecule has 2 fully saturated rings. The highest BCUT2D eigenvalue weighted by atomic mass is 19.1. The van der Waals surface area contributed by atoms with E-state index in [1.54, 1.807) is 13.2 Å². The molecular weight excluding hydrogens is 449 g/mol. The number of carbonyl (C=O) groups excluding carboxylic acids is 1. The van der Waals surface area contributed by atoms with E-state index in [0.29, 0.717) is 38.0 Å². The maximum absolute atomic E-state index is 13.8. The summed E-state index contributed by atoms with van der Waals surface area (Å²) < 4.78 is 24.9. The van der Waals surface area contributed by atoms with Gasteiger partial charge in [-0.15, -0.1) is 0 Å². The van der Waals surface area contributed by atoms with Gasteiger partial charge in [-0.3, -0.25) is 4.79 Å². The Morgan fingerprint density at radius 2 is 2.00 bits per heavy atom. The number of likely N-dealkylation sites (tertiary alicyclic amines) is 1. The van der Waals surface area contributed by atoms with Crippen LogP contribution in [0.5, 0.6) is 0 Å². The number of ether oxygens (including phenoxy) is 2. The molecule has 2 atom stereocenters. The van der Waals surface area contributed by atoms with E-state index >= 15 is 0 Å². The smallest absolute Gasteiger partial charge is 0.272 e. The third-order valence-electron chi connectivity index (χ3n) is 7.58. The van der Waals surface area contributed by atoms with Gasteiger partial charge in [-0.1, -0.05) is 6.07 Å². The zero-order valence-electron chi connectivity index (χ0n) is 20.5. The number of carbonyl (C=O) groups is 1. The molecule has 0 bridgehead atoms. The number of halogens is 1. The molecule has 0 radical (unpaired) electrons. The lowest BCUT2D eigenvalue weighted by molar-refractivity contribution is -0.0533. The van der Waals surface area contributed by atoms with Gasteiger partial charge >= 0.3 is 0 Å². The van der Waals surface area contributed by atoms with Crippen LogP contribution in [0.2, 0.25) is 0 Å². The fourth-order valence-electron chi connectivity index (χ4n) is 5.52. The zero-order valence-corrected chi connectivity index (χ0v) is 20.5. The molecule has 1 aromatic heterocycles. The minimum absolute atomic E-state index is 0.0473. The fourth-order valence-corrected chi connectivity index (χ4v) is 5.52. The Morgan fingerprint density at radius 3 is 2.80 bits per heavy atom. The van der Waals surface area contributed by atoms with Crippen molar-refractivity contribution in [2.45, 2.75) is 57.3 Å². The zero-order chi connectivity index (χ0) is 24.4. The molecule has 188 valence electrons. The summed E-state index contributed by atoms with van der Waals surface area (Å²) in [5, 5.41) is 3.73. The molecule has 5 rings (SSSR count). The standard InChI is InChI=1S/C26H34FN5O3/c1-17-24(28-16-29-25(17)32-9-5-18-3-4-20(27)13-19(18)14-32)26(33)31-10-6-21(7-11-31)30-22-8-12-35-15-23(22)34-2/h3-4,13,16,21-23,30H,5-12,14-15H2,1-2H3/t22-,23?/m0/s1. The molecule has 3 aliphatic heterocycles. The van der Waals surface area contributed by atoms with Crippen molar-refractivity contribution in [1.82, 2.24) is 20.2 Å². The van der Waals surface area contributed by atoms with Crippen molar-refractivity contribution >= 4 is 11.7 Å². The maximum atomic E-state index is 13.8. The monoisotopic (exact) mass is 483 g/mol. The van der Waals surface area contributed by atoms with Gasteiger partial charge in [-0.25, -0.2) is 14.4 Å². The molecule has 0 spiro atoms. The predicted octanol–water partition coefficient (Wildman–Crippen LogP) is 2.48. The molecule has 3 aliphatic rings. The number of amides is 1. The van der Waals surface area contributed by atoms with E-state index in [-0.39, 0.29) is 23.9 Å². The Kier molecular flexibility index (Phi) is 7.27. The van der Waals surface area contributed by atoms with E-state index in [1.807, 2.05) is 17.9 Å². The highest BCUT2D eigenvalue weighted by molar-refractivity contribution is 5.94. The lowest BCUT2D eigenvalue weighted by Crippen LogP contribution is -2.54. The molecule has 9 heteroatoms. The SMILES string of the molecule is COC1COCC[C@@H]1NC1CCN(C(=O)c2ncnc(N3CCc4ccc(F)cc4C3)c2C)CC1. The second-order valence-electron chi connectivity index (χ2n) is 9.73. The highest BCUT2D eigenvalue weighted by Crippen LogP contribution is 2.28. The summed E-state index contributed by atoms with van der Waals surface area (Å²) >= 11 is 0. The van der Waals surface area contributed by atoms with Crippen molar-refractivity contribution < 1.29 is 18.7 Å². The molecule has 4 heterocycles. The van der Waals surface area contributed by atoms with Crippen LogP contribution < -0.4 is 10.2 Å². The first-order chi connectivity index (χ1) is 17.0. The van der Waals surface area contributed by atoms with E-state index in [1.165, 1.54) is 18.0 Å². The quantitative estimate of drug-likeness (QED) is 0.700. The van der Waals surface area contributed by atoms with Crippen LogP contribution in [0.1, 0.15) is 46.4 Å². The Morgan fingerprint density at radius 1 is 1.17 bits per heavy atom. The normalized spacial score (nSPS) is 23.3.